The summed E-state index contributed by atoms with van der Waals surface area (Å²) >= 11 is 4.79. The van der Waals surface area contributed by atoms with Gasteiger partial charge in [0.05, 0.1) is 0 Å². The van der Waals surface area contributed by atoms with Gasteiger partial charge in [0.15, 0.2) is 0 Å². The van der Waals surface area contributed by atoms with Crippen LogP contribution in [0, 0.1) is 0 Å². The highest BCUT2D eigenvalue weighted by Gasteiger charge is 2.38. The standard InChI is InChI=1S/C16H26S/c1-14(2,3)12-10-8-9-11-13(12)15(4,5)16(6,7)17/h8-11,17H,1-7H3. The average molecular weight is 250 g/mol. The second kappa shape index (κ2) is 4.35. The number of rotatable bonds is 2. The minimum absolute atomic E-state index is 0.0417. The molecule has 0 unspecified atom stereocenters. The molecule has 17 heavy (non-hydrogen) atoms. The Balaban J connectivity index is 3.43. The van der Waals surface area contributed by atoms with Crippen molar-refractivity contribution in [3.8, 4) is 0 Å². The molecule has 1 aromatic carbocycles. The summed E-state index contributed by atoms with van der Waals surface area (Å²) in [5, 5.41) is 0. The zero-order valence-corrected chi connectivity index (χ0v) is 13.2. The van der Waals surface area contributed by atoms with Gasteiger partial charge in [0.1, 0.15) is 0 Å². The normalized spacial score (nSPS) is 13.9. The Hall–Kier alpha value is -0.430. The maximum Gasteiger partial charge on any atom is 0.0165 e. The third-order valence-electron chi connectivity index (χ3n) is 3.94. The van der Waals surface area contributed by atoms with Crippen molar-refractivity contribution in [3.05, 3.63) is 35.4 Å². The van der Waals surface area contributed by atoms with Crippen molar-refractivity contribution >= 4 is 12.6 Å². The molecule has 0 fully saturated rings. The lowest BCUT2D eigenvalue weighted by atomic mass is 9.69. The van der Waals surface area contributed by atoms with Crippen molar-refractivity contribution in [3.63, 3.8) is 0 Å². The quantitative estimate of drug-likeness (QED) is 0.704. The van der Waals surface area contributed by atoms with Crippen LogP contribution in [-0.4, -0.2) is 4.75 Å². The van der Waals surface area contributed by atoms with Crippen LogP contribution >= 0.6 is 12.6 Å². The Morgan fingerprint density at radius 3 is 1.53 bits per heavy atom. The first-order valence-corrected chi connectivity index (χ1v) is 6.75. The summed E-state index contributed by atoms with van der Waals surface area (Å²) in [4.78, 5) is 0. The Kier molecular flexibility index (Phi) is 3.74. The molecule has 1 rings (SSSR count). The lowest BCUT2D eigenvalue weighted by molar-refractivity contribution is 0.403. The molecule has 0 heterocycles. The third kappa shape index (κ3) is 2.88. The molecule has 0 N–H and O–H groups in total. The topological polar surface area (TPSA) is 0 Å². The van der Waals surface area contributed by atoms with Crippen LogP contribution in [0.4, 0.5) is 0 Å². The molecule has 96 valence electrons. The second-order valence-electron chi connectivity index (χ2n) is 6.98. The van der Waals surface area contributed by atoms with E-state index >= 15 is 0 Å². The minimum atomic E-state index is -0.0473. The monoisotopic (exact) mass is 250 g/mol. The van der Waals surface area contributed by atoms with Crippen molar-refractivity contribution < 1.29 is 0 Å². The summed E-state index contributed by atoms with van der Waals surface area (Å²) in [7, 11) is 0. The lowest BCUT2D eigenvalue weighted by Crippen LogP contribution is -2.39. The SMILES string of the molecule is CC(C)(C)c1ccccc1C(C)(C)C(C)(C)S. The maximum atomic E-state index is 4.79. The van der Waals surface area contributed by atoms with Gasteiger partial charge < -0.3 is 0 Å². The van der Waals surface area contributed by atoms with Crippen LogP contribution in [-0.2, 0) is 10.8 Å². The van der Waals surface area contributed by atoms with Gasteiger partial charge in [0.25, 0.3) is 0 Å². The van der Waals surface area contributed by atoms with Gasteiger partial charge in [-0.2, -0.15) is 12.6 Å². The highest BCUT2D eigenvalue weighted by atomic mass is 32.1. The molecule has 0 aliphatic rings. The predicted octanol–water partition coefficient (Wildman–Crippen LogP) is 4.97. The Morgan fingerprint density at radius 2 is 1.18 bits per heavy atom. The van der Waals surface area contributed by atoms with Gasteiger partial charge in [-0.25, -0.2) is 0 Å². The molecule has 0 aliphatic carbocycles. The molecule has 0 saturated carbocycles. The van der Waals surface area contributed by atoms with E-state index in [2.05, 4.69) is 72.7 Å². The van der Waals surface area contributed by atoms with Crippen LogP contribution in [0.3, 0.4) is 0 Å². The van der Waals surface area contributed by atoms with Crippen molar-refractivity contribution in [2.24, 2.45) is 0 Å². The molecule has 0 saturated heterocycles. The molecule has 0 nitrogen and oxygen atoms in total. The average Bonchev–Trinajstić information content (AvgIpc) is 2.14. The van der Waals surface area contributed by atoms with E-state index in [0.717, 1.165) is 0 Å². The molecular weight excluding hydrogens is 224 g/mol. The lowest BCUT2D eigenvalue weighted by Gasteiger charge is -2.41. The largest absolute Gasteiger partial charge is 0.172 e. The second-order valence-corrected chi connectivity index (χ2v) is 8.10. The van der Waals surface area contributed by atoms with Crippen LogP contribution in [0.15, 0.2) is 24.3 Å². The van der Waals surface area contributed by atoms with E-state index in [1.54, 1.807) is 0 Å². The first-order valence-electron chi connectivity index (χ1n) is 6.30. The summed E-state index contributed by atoms with van der Waals surface area (Å²) in [6.07, 6.45) is 0. The molecule has 0 aromatic heterocycles. The van der Waals surface area contributed by atoms with E-state index < -0.39 is 0 Å². The van der Waals surface area contributed by atoms with E-state index in [4.69, 9.17) is 12.6 Å². The van der Waals surface area contributed by atoms with Crippen molar-refractivity contribution in [1.82, 2.24) is 0 Å². The Labute approximate surface area is 112 Å². The van der Waals surface area contributed by atoms with E-state index in [1.807, 2.05) is 0 Å². The highest BCUT2D eigenvalue weighted by Crippen LogP contribution is 2.42. The molecule has 0 bridgehead atoms. The zero-order chi connectivity index (χ0) is 13.5. The summed E-state index contributed by atoms with van der Waals surface area (Å²) < 4.78 is -0.0473. The van der Waals surface area contributed by atoms with Gasteiger partial charge in [-0.15, -0.1) is 0 Å². The predicted molar refractivity (Wildman–Crippen MR) is 81.2 cm³/mol. The molecule has 0 atom stereocenters. The number of hydrogen-bond donors (Lipinski definition) is 1. The molecular formula is C16H26S. The van der Waals surface area contributed by atoms with Gasteiger partial charge in [-0.1, -0.05) is 72.7 Å². The van der Waals surface area contributed by atoms with Gasteiger partial charge in [0, 0.05) is 10.2 Å². The molecule has 1 heteroatoms. The van der Waals surface area contributed by atoms with Crippen LogP contribution < -0.4 is 0 Å². The number of benzene rings is 1. The molecule has 0 aliphatic heterocycles. The fraction of sp³-hybridized carbons (Fsp3) is 0.625. The first-order chi connectivity index (χ1) is 7.48. The fourth-order valence-corrected chi connectivity index (χ4v) is 2.13. The van der Waals surface area contributed by atoms with E-state index in [0.29, 0.717) is 0 Å². The van der Waals surface area contributed by atoms with Gasteiger partial charge in [-0.05, 0) is 16.5 Å². The Bertz CT molecular complexity index is 389. The summed E-state index contributed by atoms with van der Waals surface area (Å²) in [6, 6.07) is 8.76. The minimum Gasteiger partial charge on any atom is -0.172 e. The molecule has 0 radical (unpaired) electrons. The van der Waals surface area contributed by atoms with Gasteiger partial charge >= 0.3 is 0 Å². The summed E-state index contributed by atoms with van der Waals surface area (Å²) in [5.74, 6) is 0. The van der Waals surface area contributed by atoms with Crippen molar-refractivity contribution in [1.29, 1.82) is 0 Å². The van der Waals surface area contributed by atoms with E-state index in [-0.39, 0.29) is 15.6 Å². The molecule has 0 amide bonds. The number of thiol groups is 1. The van der Waals surface area contributed by atoms with Crippen LogP contribution in [0.1, 0.15) is 59.6 Å². The van der Waals surface area contributed by atoms with Crippen LogP contribution in [0.25, 0.3) is 0 Å². The zero-order valence-electron chi connectivity index (χ0n) is 12.3. The smallest absolute Gasteiger partial charge is 0.0165 e. The van der Waals surface area contributed by atoms with Crippen molar-refractivity contribution in [2.45, 2.75) is 64.0 Å². The first kappa shape index (κ1) is 14.6. The van der Waals surface area contributed by atoms with Crippen LogP contribution in [0.2, 0.25) is 0 Å². The van der Waals surface area contributed by atoms with Gasteiger partial charge in [-0.3, -0.25) is 0 Å². The molecule has 1 aromatic rings. The molecule has 0 spiro atoms. The van der Waals surface area contributed by atoms with Crippen LogP contribution in [0.5, 0.6) is 0 Å². The fourth-order valence-electron chi connectivity index (χ4n) is 2.01. The third-order valence-corrected chi connectivity index (χ3v) is 4.50. The summed E-state index contributed by atoms with van der Waals surface area (Å²) in [6.45, 7) is 15.8. The number of hydrogen-bond acceptors (Lipinski definition) is 1. The van der Waals surface area contributed by atoms with E-state index in [1.165, 1.54) is 11.1 Å². The van der Waals surface area contributed by atoms with Crippen molar-refractivity contribution in [2.75, 3.05) is 0 Å². The Morgan fingerprint density at radius 1 is 0.765 bits per heavy atom. The highest BCUT2D eigenvalue weighted by molar-refractivity contribution is 7.81. The van der Waals surface area contributed by atoms with Gasteiger partial charge in [0.2, 0.25) is 0 Å². The summed E-state index contributed by atoms with van der Waals surface area (Å²) in [5.41, 5.74) is 3.05. The van der Waals surface area contributed by atoms with E-state index in [9.17, 15) is 0 Å². The maximum absolute atomic E-state index is 4.79.